The number of amides is 1. The highest BCUT2D eigenvalue weighted by atomic mass is 32.1. The van der Waals surface area contributed by atoms with Crippen molar-refractivity contribution in [2.24, 2.45) is 11.7 Å². The van der Waals surface area contributed by atoms with Crippen molar-refractivity contribution in [2.75, 3.05) is 31.6 Å². The molecule has 0 bridgehead atoms. The van der Waals surface area contributed by atoms with E-state index in [0.717, 1.165) is 0 Å². The van der Waals surface area contributed by atoms with Crippen LogP contribution in [0.5, 0.6) is 5.75 Å². The van der Waals surface area contributed by atoms with E-state index in [0.29, 0.717) is 47.3 Å². The van der Waals surface area contributed by atoms with Crippen molar-refractivity contribution in [3.63, 3.8) is 0 Å². The van der Waals surface area contributed by atoms with Gasteiger partial charge in [0.2, 0.25) is 5.91 Å². The van der Waals surface area contributed by atoms with Crippen molar-refractivity contribution in [1.29, 1.82) is 5.41 Å². The SMILES string of the molecule is COC(=O)CNC(=O)C1CCN(c2ncc(C(=O)Oc3ccc(C(=N)N)cc3)s2)CC1.O=C(O)C(F)(F)F. The number of carboxylic acid groups (broad SMARTS) is 1. The first kappa shape index (κ1) is 30.0. The number of rotatable bonds is 7. The molecule has 0 spiro atoms. The Hall–Kier alpha value is -4.21. The van der Waals surface area contributed by atoms with Crippen molar-refractivity contribution in [1.82, 2.24) is 10.3 Å². The minimum Gasteiger partial charge on any atom is -0.475 e. The molecular weight excluding hydrogens is 535 g/mol. The van der Waals surface area contributed by atoms with Crippen LogP contribution in [0.15, 0.2) is 30.5 Å². The highest BCUT2D eigenvalue weighted by molar-refractivity contribution is 7.17. The first-order valence-electron chi connectivity index (χ1n) is 10.8. The van der Waals surface area contributed by atoms with Gasteiger partial charge in [0, 0.05) is 24.6 Å². The zero-order valence-electron chi connectivity index (χ0n) is 19.9. The number of halogens is 3. The minimum atomic E-state index is -5.08. The van der Waals surface area contributed by atoms with Crippen LogP contribution in [0.2, 0.25) is 0 Å². The van der Waals surface area contributed by atoms with Gasteiger partial charge in [-0.1, -0.05) is 11.3 Å². The number of alkyl halides is 3. The molecule has 2 heterocycles. The minimum absolute atomic E-state index is 0.0605. The second-order valence-corrected chi connectivity index (χ2v) is 8.70. The summed E-state index contributed by atoms with van der Waals surface area (Å²) in [4.78, 5) is 51.3. The van der Waals surface area contributed by atoms with Crippen LogP contribution in [0.25, 0.3) is 0 Å². The van der Waals surface area contributed by atoms with E-state index in [1.54, 1.807) is 24.3 Å². The van der Waals surface area contributed by atoms with E-state index >= 15 is 0 Å². The van der Waals surface area contributed by atoms with Crippen molar-refractivity contribution in [3.05, 3.63) is 40.9 Å². The molecule has 0 atom stereocenters. The van der Waals surface area contributed by atoms with Gasteiger partial charge in [-0.3, -0.25) is 15.0 Å². The molecule has 1 fully saturated rings. The van der Waals surface area contributed by atoms with Gasteiger partial charge in [0.25, 0.3) is 0 Å². The molecule has 5 N–H and O–H groups in total. The number of carbonyl (C=O) groups excluding carboxylic acids is 3. The summed E-state index contributed by atoms with van der Waals surface area (Å²) < 4.78 is 41.6. The highest BCUT2D eigenvalue weighted by Gasteiger charge is 2.38. The van der Waals surface area contributed by atoms with Gasteiger partial charge in [-0.05, 0) is 37.1 Å². The van der Waals surface area contributed by atoms with Crippen LogP contribution in [0.3, 0.4) is 0 Å². The lowest BCUT2D eigenvalue weighted by molar-refractivity contribution is -0.192. The molecule has 1 saturated heterocycles. The van der Waals surface area contributed by atoms with Gasteiger partial charge in [0.1, 0.15) is 23.0 Å². The van der Waals surface area contributed by atoms with Crippen LogP contribution < -0.4 is 20.7 Å². The molecule has 1 aliphatic rings. The van der Waals surface area contributed by atoms with Crippen LogP contribution in [0, 0.1) is 11.3 Å². The molecule has 2 aromatic rings. The van der Waals surface area contributed by atoms with Gasteiger partial charge in [-0.25, -0.2) is 14.6 Å². The van der Waals surface area contributed by atoms with Crippen molar-refractivity contribution < 1.29 is 46.9 Å². The number of piperidine rings is 1. The van der Waals surface area contributed by atoms with Crippen molar-refractivity contribution in [2.45, 2.75) is 19.0 Å². The third-order valence-corrected chi connectivity index (χ3v) is 6.12. The fraction of sp³-hybridized carbons (Fsp3) is 0.364. The zero-order valence-corrected chi connectivity index (χ0v) is 20.7. The number of carbonyl (C=O) groups is 4. The quantitative estimate of drug-likeness (QED) is 0.169. The van der Waals surface area contributed by atoms with Gasteiger partial charge >= 0.3 is 24.1 Å². The van der Waals surface area contributed by atoms with E-state index in [1.165, 1.54) is 24.6 Å². The number of benzene rings is 1. The molecule has 1 aliphatic heterocycles. The summed E-state index contributed by atoms with van der Waals surface area (Å²) in [6.07, 6.45) is -2.37. The molecule has 206 valence electrons. The molecule has 0 unspecified atom stereocenters. The first-order valence-corrected chi connectivity index (χ1v) is 11.7. The number of carboxylic acids is 1. The van der Waals surface area contributed by atoms with Gasteiger partial charge in [-0.2, -0.15) is 13.2 Å². The number of nitrogen functional groups attached to an aromatic ring is 1. The standard InChI is InChI=1S/C20H23N5O5S.C2HF3O2/c1-29-16(26)11-23-18(27)13-6-8-25(9-7-13)20-24-10-15(31-20)19(28)30-14-4-2-12(3-5-14)17(21)22;3-2(4,5)1(6)7/h2-5,10,13H,6-9,11H2,1H3,(H3,21,22)(H,23,27);(H,6,7). The molecule has 12 nitrogen and oxygen atoms in total. The molecule has 1 aromatic heterocycles. The molecule has 3 rings (SSSR count). The number of ether oxygens (including phenoxy) is 2. The van der Waals surface area contributed by atoms with Gasteiger partial charge in [0.15, 0.2) is 5.13 Å². The number of esters is 2. The fourth-order valence-electron chi connectivity index (χ4n) is 3.07. The topological polar surface area (TPSA) is 185 Å². The highest BCUT2D eigenvalue weighted by Crippen LogP contribution is 2.28. The van der Waals surface area contributed by atoms with E-state index < -0.39 is 24.1 Å². The van der Waals surface area contributed by atoms with Crippen molar-refractivity contribution in [3.8, 4) is 5.75 Å². The Morgan fingerprint density at radius 3 is 2.29 bits per heavy atom. The smallest absolute Gasteiger partial charge is 0.475 e. The van der Waals surface area contributed by atoms with Crippen LogP contribution in [0.1, 0.15) is 28.1 Å². The van der Waals surface area contributed by atoms with Gasteiger partial charge in [0.05, 0.1) is 13.3 Å². The van der Waals surface area contributed by atoms with Gasteiger partial charge < -0.3 is 30.5 Å². The van der Waals surface area contributed by atoms with E-state index in [-0.39, 0.29) is 24.2 Å². The Morgan fingerprint density at radius 1 is 1.21 bits per heavy atom. The summed E-state index contributed by atoms with van der Waals surface area (Å²) in [5.41, 5.74) is 5.95. The maximum atomic E-state index is 12.4. The Kier molecular flexibility index (Phi) is 10.6. The molecule has 1 amide bonds. The second kappa shape index (κ2) is 13.4. The Labute approximate surface area is 218 Å². The number of amidine groups is 1. The number of nitrogens with one attached hydrogen (secondary N) is 2. The number of nitrogens with zero attached hydrogens (tertiary/aromatic N) is 2. The molecule has 16 heteroatoms. The summed E-state index contributed by atoms with van der Waals surface area (Å²) >= 11 is 1.23. The molecule has 1 aromatic carbocycles. The summed E-state index contributed by atoms with van der Waals surface area (Å²) in [6, 6.07) is 6.36. The number of nitrogens with two attached hydrogens (primary N) is 1. The molecule has 0 radical (unpaired) electrons. The predicted molar refractivity (Wildman–Crippen MR) is 128 cm³/mol. The zero-order chi connectivity index (χ0) is 28.5. The maximum Gasteiger partial charge on any atom is 0.490 e. The molecule has 0 saturated carbocycles. The second-order valence-electron chi connectivity index (χ2n) is 7.69. The first-order chi connectivity index (χ1) is 17.8. The average molecular weight is 560 g/mol. The number of aliphatic carboxylic acids is 1. The molecular formula is C22H24F3N5O7S. The van der Waals surface area contributed by atoms with E-state index in [9.17, 15) is 27.6 Å². The van der Waals surface area contributed by atoms with E-state index in [1.807, 2.05) is 4.90 Å². The van der Waals surface area contributed by atoms with Crippen LogP contribution in [-0.2, 0) is 19.1 Å². The average Bonchev–Trinajstić information content (AvgIpc) is 3.38. The lowest BCUT2D eigenvalue weighted by Gasteiger charge is -2.30. The summed E-state index contributed by atoms with van der Waals surface area (Å²) in [5.74, 6) is -3.81. The lowest BCUT2D eigenvalue weighted by Crippen LogP contribution is -2.42. The Morgan fingerprint density at radius 2 is 1.79 bits per heavy atom. The number of anilines is 1. The fourth-order valence-corrected chi connectivity index (χ4v) is 3.92. The number of hydrogen-bond donors (Lipinski definition) is 4. The maximum absolute atomic E-state index is 12.4. The van der Waals surface area contributed by atoms with Crippen LogP contribution in [-0.4, -0.2) is 72.7 Å². The lowest BCUT2D eigenvalue weighted by atomic mass is 9.96. The van der Waals surface area contributed by atoms with E-state index in [4.69, 9.17) is 25.8 Å². The monoisotopic (exact) mass is 559 g/mol. The third kappa shape index (κ3) is 9.02. The number of methoxy groups -OCH3 is 1. The summed E-state index contributed by atoms with van der Waals surface area (Å²) in [5, 5.41) is 17.8. The van der Waals surface area contributed by atoms with Gasteiger partial charge in [-0.15, -0.1) is 0 Å². The summed E-state index contributed by atoms with van der Waals surface area (Å²) in [7, 11) is 1.27. The van der Waals surface area contributed by atoms with Crippen molar-refractivity contribution >= 4 is 46.1 Å². The Balaban J connectivity index is 0.000000638. The number of hydrogen-bond acceptors (Lipinski definition) is 10. The van der Waals surface area contributed by atoms with Crippen LogP contribution in [0.4, 0.5) is 18.3 Å². The molecule has 38 heavy (non-hydrogen) atoms. The van der Waals surface area contributed by atoms with E-state index in [2.05, 4.69) is 15.0 Å². The normalized spacial score (nSPS) is 13.5. The summed E-state index contributed by atoms with van der Waals surface area (Å²) in [6.45, 7) is 1.10. The predicted octanol–water partition coefficient (Wildman–Crippen LogP) is 1.79. The number of aromatic nitrogens is 1. The molecule has 0 aliphatic carbocycles. The third-order valence-electron chi connectivity index (χ3n) is 5.08. The Bertz CT molecular complexity index is 1160. The largest absolute Gasteiger partial charge is 0.490 e. The number of thiazole rings is 1. The van der Waals surface area contributed by atoms with Crippen LogP contribution >= 0.6 is 11.3 Å².